The number of nitrogens with one attached hydrogen (secondary N) is 1. The minimum atomic E-state index is -0.419. The Balaban J connectivity index is 1.28. The SMILES string of the molecule is CNCN1C23CCCCCCCCCCCC12CN(c1nc2c(c(=O)n(C)c(=O)n2C)n1Cc1nnc(-c2ccc(Cl)c(Cl)c2)o1)CC3. The van der Waals surface area contributed by atoms with Crippen LogP contribution < -0.4 is 21.5 Å². The molecule has 3 fully saturated rings. The second-order valence-electron chi connectivity index (χ2n) is 13.9. The molecular weight excluding hydrogens is 653 g/mol. The second-order valence-corrected chi connectivity index (χ2v) is 14.7. The highest BCUT2D eigenvalue weighted by atomic mass is 35.5. The summed E-state index contributed by atoms with van der Waals surface area (Å²) in [5.41, 5.74) is 0.642. The van der Waals surface area contributed by atoms with Gasteiger partial charge >= 0.3 is 5.69 Å². The lowest BCUT2D eigenvalue weighted by atomic mass is 9.79. The topological polar surface area (TPSA) is 119 Å². The van der Waals surface area contributed by atoms with Crippen molar-refractivity contribution < 1.29 is 4.42 Å². The summed E-state index contributed by atoms with van der Waals surface area (Å²) >= 11 is 12.4. The van der Waals surface area contributed by atoms with E-state index in [2.05, 4.69) is 25.3 Å². The highest BCUT2D eigenvalue weighted by Crippen LogP contribution is 2.62. The van der Waals surface area contributed by atoms with Gasteiger partial charge in [-0.25, -0.2) is 4.79 Å². The molecule has 3 aromatic heterocycles. The molecule has 2 aliphatic heterocycles. The Morgan fingerprint density at radius 2 is 1.56 bits per heavy atom. The molecule has 14 heteroatoms. The Labute approximate surface area is 290 Å². The van der Waals surface area contributed by atoms with Crippen molar-refractivity contribution in [1.29, 1.82) is 0 Å². The van der Waals surface area contributed by atoms with Crippen LogP contribution in [0.1, 0.15) is 82.9 Å². The third kappa shape index (κ3) is 5.58. The van der Waals surface area contributed by atoms with Crippen molar-refractivity contribution in [2.75, 3.05) is 31.7 Å². The summed E-state index contributed by atoms with van der Waals surface area (Å²) in [6.07, 6.45) is 15.0. The molecular formula is C34H45Cl2N9O3. The first-order valence-electron chi connectivity index (χ1n) is 17.3. The fourth-order valence-corrected chi connectivity index (χ4v) is 8.92. The van der Waals surface area contributed by atoms with Gasteiger partial charge in [0.05, 0.1) is 15.6 Å². The minimum absolute atomic E-state index is 0.00757. The fourth-order valence-electron chi connectivity index (χ4n) is 8.62. The second kappa shape index (κ2) is 13.3. The summed E-state index contributed by atoms with van der Waals surface area (Å²) in [7, 11) is 5.19. The number of nitrogens with zero attached hydrogens (tertiary/aromatic N) is 8. The van der Waals surface area contributed by atoms with Crippen LogP contribution in [0.3, 0.4) is 0 Å². The van der Waals surface area contributed by atoms with Crippen LogP contribution in [-0.4, -0.2) is 71.7 Å². The molecule has 0 amide bonds. The maximum Gasteiger partial charge on any atom is 0.332 e. The number of hydrogen-bond donors (Lipinski definition) is 1. The molecule has 3 atom stereocenters. The van der Waals surface area contributed by atoms with Gasteiger partial charge in [-0.3, -0.25) is 23.4 Å². The van der Waals surface area contributed by atoms with Crippen molar-refractivity contribution in [3.05, 3.63) is 55.0 Å². The van der Waals surface area contributed by atoms with Crippen LogP contribution in [0.15, 0.2) is 32.2 Å². The van der Waals surface area contributed by atoms with E-state index in [1.165, 1.54) is 75.8 Å². The van der Waals surface area contributed by atoms with Gasteiger partial charge in [-0.05, 0) is 44.5 Å². The van der Waals surface area contributed by atoms with Gasteiger partial charge in [0.25, 0.3) is 5.56 Å². The van der Waals surface area contributed by atoms with Crippen molar-refractivity contribution in [3.8, 4) is 11.5 Å². The van der Waals surface area contributed by atoms with Gasteiger partial charge in [-0.1, -0.05) is 81.0 Å². The molecule has 1 saturated carbocycles. The van der Waals surface area contributed by atoms with E-state index in [0.29, 0.717) is 44.5 Å². The van der Waals surface area contributed by atoms with Crippen LogP contribution in [0.25, 0.3) is 22.6 Å². The standard InChI is InChI=1S/C34H45Cl2N9O3/c1-37-22-45-33-15-11-9-7-5-4-6-8-10-12-16-34(33,45)21-43(18-17-33)31-38-28-27(30(46)42(3)32(47)41(28)2)44(31)20-26-39-40-29(48-26)23-13-14-24(35)25(36)19-23/h13-14,19,37H,4-12,15-18,20-22H2,1-3H3. The number of halogens is 2. The van der Waals surface area contributed by atoms with Crippen LogP contribution in [0, 0.1) is 0 Å². The van der Waals surface area contributed by atoms with Gasteiger partial charge < -0.3 is 14.6 Å². The lowest BCUT2D eigenvalue weighted by Gasteiger charge is -2.37. The number of fused-ring (bicyclic) bond motifs is 1. The number of rotatable bonds is 6. The molecule has 3 aliphatic rings. The normalized spacial score (nSPS) is 25.2. The predicted molar refractivity (Wildman–Crippen MR) is 188 cm³/mol. The summed E-state index contributed by atoms with van der Waals surface area (Å²) in [6, 6.07) is 5.14. The zero-order chi connectivity index (χ0) is 33.6. The quantitative estimate of drug-likeness (QED) is 0.267. The average molecular weight is 699 g/mol. The lowest BCUT2D eigenvalue weighted by Crippen LogP contribution is -2.48. The van der Waals surface area contributed by atoms with Crippen LogP contribution >= 0.6 is 23.2 Å². The third-order valence-electron chi connectivity index (χ3n) is 11.1. The summed E-state index contributed by atoms with van der Waals surface area (Å²) in [5.74, 6) is 1.24. The molecule has 4 aromatic rings. The van der Waals surface area contributed by atoms with E-state index in [1.807, 2.05) is 11.6 Å². The van der Waals surface area contributed by atoms with E-state index in [1.54, 1.807) is 25.2 Å². The Bertz CT molecular complexity index is 1930. The van der Waals surface area contributed by atoms with Crippen molar-refractivity contribution >= 4 is 40.3 Å². The van der Waals surface area contributed by atoms with E-state index >= 15 is 0 Å². The number of aryl methyl sites for hydroxylation is 1. The van der Waals surface area contributed by atoms with Gasteiger partial charge in [-0.15, -0.1) is 10.2 Å². The number of benzene rings is 1. The maximum atomic E-state index is 13.7. The first kappa shape index (κ1) is 33.3. The summed E-state index contributed by atoms with van der Waals surface area (Å²) in [6.45, 7) is 2.55. The van der Waals surface area contributed by atoms with Crippen molar-refractivity contribution in [2.24, 2.45) is 14.1 Å². The van der Waals surface area contributed by atoms with Crippen LogP contribution in [0.2, 0.25) is 10.0 Å². The monoisotopic (exact) mass is 697 g/mol. The van der Waals surface area contributed by atoms with Crippen LogP contribution in [0.5, 0.6) is 0 Å². The third-order valence-corrected chi connectivity index (χ3v) is 11.9. The number of piperidine rings is 1. The number of anilines is 1. The molecule has 1 aromatic carbocycles. The average Bonchev–Trinajstić information content (AvgIpc) is 3.39. The fraction of sp³-hybridized carbons (Fsp3) is 0.618. The number of aromatic nitrogens is 6. The first-order valence-corrected chi connectivity index (χ1v) is 18.1. The molecule has 1 aliphatic carbocycles. The summed E-state index contributed by atoms with van der Waals surface area (Å²) in [4.78, 5) is 36.8. The molecule has 258 valence electrons. The molecule has 2 saturated heterocycles. The Kier molecular flexibility index (Phi) is 9.20. The first-order chi connectivity index (χ1) is 23.2. The Morgan fingerprint density at radius 1 is 0.875 bits per heavy atom. The number of hydrogen-bond acceptors (Lipinski definition) is 9. The van der Waals surface area contributed by atoms with Crippen molar-refractivity contribution in [2.45, 2.75) is 94.7 Å². The highest BCUT2D eigenvalue weighted by molar-refractivity contribution is 6.42. The molecule has 0 bridgehead atoms. The van der Waals surface area contributed by atoms with E-state index in [0.717, 1.165) is 37.2 Å². The number of imidazole rings is 1. The van der Waals surface area contributed by atoms with E-state index < -0.39 is 11.2 Å². The molecule has 0 radical (unpaired) electrons. The van der Waals surface area contributed by atoms with E-state index in [9.17, 15) is 9.59 Å². The molecule has 0 spiro atoms. The molecule has 12 nitrogen and oxygen atoms in total. The molecule has 3 unspecified atom stereocenters. The van der Waals surface area contributed by atoms with E-state index in [4.69, 9.17) is 32.6 Å². The molecule has 1 N–H and O–H groups in total. The van der Waals surface area contributed by atoms with Crippen molar-refractivity contribution in [3.63, 3.8) is 0 Å². The lowest BCUT2D eigenvalue weighted by molar-refractivity contribution is 0.341. The van der Waals surface area contributed by atoms with Gasteiger partial charge in [0.1, 0.15) is 6.54 Å². The van der Waals surface area contributed by atoms with Crippen LogP contribution in [0.4, 0.5) is 5.95 Å². The zero-order valence-corrected chi connectivity index (χ0v) is 29.6. The Morgan fingerprint density at radius 3 is 2.25 bits per heavy atom. The Hall–Kier alpha value is -3.19. The van der Waals surface area contributed by atoms with Crippen molar-refractivity contribution in [1.82, 2.24) is 39.1 Å². The molecule has 7 rings (SSSR count). The van der Waals surface area contributed by atoms with Gasteiger partial charge in [0, 0.05) is 45.0 Å². The maximum absolute atomic E-state index is 13.7. The molecule has 5 heterocycles. The highest BCUT2D eigenvalue weighted by Gasteiger charge is 2.74. The minimum Gasteiger partial charge on any atom is -0.419 e. The zero-order valence-electron chi connectivity index (χ0n) is 28.1. The van der Waals surface area contributed by atoms with Gasteiger partial charge in [0.2, 0.25) is 17.7 Å². The smallest absolute Gasteiger partial charge is 0.332 e. The van der Waals surface area contributed by atoms with Crippen LogP contribution in [-0.2, 0) is 20.6 Å². The molecule has 48 heavy (non-hydrogen) atoms. The predicted octanol–water partition coefficient (Wildman–Crippen LogP) is 5.32. The summed E-state index contributed by atoms with van der Waals surface area (Å²) in [5, 5.41) is 12.9. The van der Waals surface area contributed by atoms with Gasteiger partial charge in [0.15, 0.2) is 11.2 Å². The van der Waals surface area contributed by atoms with E-state index in [-0.39, 0.29) is 17.6 Å². The van der Waals surface area contributed by atoms with Gasteiger partial charge in [-0.2, -0.15) is 4.98 Å². The summed E-state index contributed by atoms with van der Waals surface area (Å²) < 4.78 is 10.6. The largest absolute Gasteiger partial charge is 0.419 e.